The van der Waals surface area contributed by atoms with Crippen molar-refractivity contribution in [3.8, 4) is 0 Å². The number of nitrogens with one attached hydrogen (secondary N) is 1. The number of rotatable bonds is 3. The minimum absolute atomic E-state index is 0.155. The molecule has 1 aliphatic heterocycles. The molecule has 1 heterocycles. The molecular weight excluding hydrogens is 210 g/mol. The number of anilines is 1. The fourth-order valence-electron chi connectivity index (χ4n) is 2.73. The van der Waals surface area contributed by atoms with Crippen LogP contribution in [0.25, 0.3) is 0 Å². The van der Waals surface area contributed by atoms with Gasteiger partial charge in [0.1, 0.15) is 5.84 Å². The van der Waals surface area contributed by atoms with Gasteiger partial charge in [-0.3, -0.25) is 5.41 Å². The SMILES string of the molecule is CCC1CCCN1c1ccc(C(=N)N)c(C)c1. The molecule has 0 aliphatic carbocycles. The number of aryl methyl sites for hydroxylation is 1. The highest BCUT2D eigenvalue weighted by Crippen LogP contribution is 2.28. The predicted molar refractivity (Wildman–Crippen MR) is 72.9 cm³/mol. The first-order valence-electron chi connectivity index (χ1n) is 6.35. The van der Waals surface area contributed by atoms with Crippen molar-refractivity contribution in [3.63, 3.8) is 0 Å². The Labute approximate surface area is 103 Å². The molecule has 1 aromatic rings. The maximum atomic E-state index is 7.50. The highest BCUT2D eigenvalue weighted by molar-refractivity contribution is 5.96. The molecular formula is C14H21N3. The Bertz CT molecular complexity index is 425. The summed E-state index contributed by atoms with van der Waals surface area (Å²) in [5.74, 6) is 0.155. The second-order valence-electron chi connectivity index (χ2n) is 4.81. The van der Waals surface area contributed by atoms with Crippen molar-refractivity contribution in [2.45, 2.75) is 39.2 Å². The quantitative estimate of drug-likeness (QED) is 0.620. The molecule has 1 aromatic carbocycles. The highest BCUT2D eigenvalue weighted by Gasteiger charge is 2.23. The number of hydrogen-bond acceptors (Lipinski definition) is 2. The van der Waals surface area contributed by atoms with Crippen molar-refractivity contribution < 1.29 is 0 Å². The summed E-state index contributed by atoms with van der Waals surface area (Å²) in [6.45, 7) is 5.43. The summed E-state index contributed by atoms with van der Waals surface area (Å²) >= 11 is 0. The van der Waals surface area contributed by atoms with Crippen LogP contribution in [-0.2, 0) is 0 Å². The maximum absolute atomic E-state index is 7.50. The zero-order valence-electron chi connectivity index (χ0n) is 10.7. The van der Waals surface area contributed by atoms with E-state index in [1.807, 2.05) is 13.0 Å². The van der Waals surface area contributed by atoms with Gasteiger partial charge >= 0.3 is 0 Å². The fraction of sp³-hybridized carbons (Fsp3) is 0.500. The lowest BCUT2D eigenvalue weighted by molar-refractivity contribution is 0.645. The molecule has 3 nitrogen and oxygen atoms in total. The van der Waals surface area contributed by atoms with Gasteiger partial charge in [0.15, 0.2) is 0 Å². The number of nitrogen functional groups attached to an aromatic ring is 1. The molecule has 0 amide bonds. The molecule has 2 rings (SSSR count). The molecule has 0 spiro atoms. The zero-order valence-corrected chi connectivity index (χ0v) is 10.7. The summed E-state index contributed by atoms with van der Waals surface area (Å²) in [6, 6.07) is 6.90. The second-order valence-corrected chi connectivity index (χ2v) is 4.81. The minimum atomic E-state index is 0.155. The van der Waals surface area contributed by atoms with Crippen LogP contribution in [0.3, 0.4) is 0 Å². The lowest BCUT2D eigenvalue weighted by Crippen LogP contribution is -2.28. The monoisotopic (exact) mass is 231 g/mol. The van der Waals surface area contributed by atoms with Crippen LogP contribution in [0.2, 0.25) is 0 Å². The largest absolute Gasteiger partial charge is 0.384 e. The van der Waals surface area contributed by atoms with Crippen LogP contribution in [0.15, 0.2) is 18.2 Å². The second kappa shape index (κ2) is 4.78. The van der Waals surface area contributed by atoms with Crippen molar-refractivity contribution in [1.29, 1.82) is 5.41 Å². The molecule has 3 N–H and O–H groups in total. The average Bonchev–Trinajstić information content (AvgIpc) is 2.76. The summed E-state index contributed by atoms with van der Waals surface area (Å²) in [6.07, 6.45) is 3.78. The van der Waals surface area contributed by atoms with E-state index in [-0.39, 0.29) is 5.84 Å². The number of benzene rings is 1. The van der Waals surface area contributed by atoms with Gasteiger partial charge in [-0.1, -0.05) is 6.92 Å². The van der Waals surface area contributed by atoms with E-state index in [0.29, 0.717) is 6.04 Å². The van der Waals surface area contributed by atoms with Gasteiger partial charge in [0, 0.05) is 23.8 Å². The Morgan fingerprint density at radius 2 is 2.29 bits per heavy atom. The van der Waals surface area contributed by atoms with Gasteiger partial charge in [0.2, 0.25) is 0 Å². The standard InChI is InChI=1S/C14H21N3/c1-3-11-5-4-8-17(11)12-6-7-13(14(15)16)10(2)9-12/h6-7,9,11H,3-5,8H2,1-2H3,(H3,15,16). The smallest absolute Gasteiger partial charge is 0.123 e. The summed E-state index contributed by atoms with van der Waals surface area (Å²) in [5, 5.41) is 7.50. The van der Waals surface area contributed by atoms with Crippen LogP contribution < -0.4 is 10.6 Å². The molecule has 0 radical (unpaired) electrons. The van der Waals surface area contributed by atoms with Crippen LogP contribution >= 0.6 is 0 Å². The van der Waals surface area contributed by atoms with Crippen LogP contribution in [0.4, 0.5) is 5.69 Å². The number of nitrogens with two attached hydrogens (primary N) is 1. The summed E-state index contributed by atoms with van der Waals surface area (Å²) in [5.41, 5.74) is 8.76. The minimum Gasteiger partial charge on any atom is -0.384 e. The zero-order chi connectivity index (χ0) is 12.4. The third-order valence-corrected chi connectivity index (χ3v) is 3.68. The molecule has 1 fully saturated rings. The first-order chi connectivity index (χ1) is 8.13. The molecule has 1 saturated heterocycles. The Balaban J connectivity index is 2.28. The van der Waals surface area contributed by atoms with Crippen LogP contribution in [0.5, 0.6) is 0 Å². The molecule has 1 unspecified atom stereocenters. The normalized spacial score (nSPS) is 19.6. The van der Waals surface area contributed by atoms with Crippen molar-refractivity contribution in [2.24, 2.45) is 5.73 Å². The predicted octanol–water partition coefficient (Wildman–Crippen LogP) is 2.66. The van der Waals surface area contributed by atoms with Gasteiger partial charge < -0.3 is 10.6 Å². The van der Waals surface area contributed by atoms with E-state index in [9.17, 15) is 0 Å². The highest BCUT2D eigenvalue weighted by atomic mass is 15.2. The van der Waals surface area contributed by atoms with Crippen molar-refractivity contribution in [1.82, 2.24) is 0 Å². The van der Waals surface area contributed by atoms with Crippen molar-refractivity contribution in [3.05, 3.63) is 29.3 Å². The topological polar surface area (TPSA) is 53.1 Å². The lowest BCUT2D eigenvalue weighted by atomic mass is 10.1. The van der Waals surface area contributed by atoms with Gasteiger partial charge in [0.05, 0.1) is 0 Å². The number of hydrogen-bond donors (Lipinski definition) is 2. The van der Waals surface area contributed by atoms with Gasteiger partial charge in [-0.25, -0.2) is 0 Å². The van der Waals surface area contributed by atoms with E-state index < -0.39 is 0 Å². The Hall–Kier alpha value is -1.51. The van der Waals surface area contributed by atoms with Gasteiger partial charge in [0.25, 0.3) is 0 Å². The Morgan fingerprint density at radius 1 is 1.53 bits per heavy atom. The van der Waals surface area contributed by atoms with Gasteiger partial charge in [-0.05, 0) is 49.9 Å². The molecule has 92 valence electrons. The van der Waals surface area contributed by atoms with E-state index in [0.717, 1.165) is 17.7 Å². The first-order valence-corrected chi connectivity index (χ1v) is 6.35. The van der Waals surface area contributed by atoms with Gasteiger partial charge in [-0.15, -0.1) is 0 Å². The van der Waals surface area contributed by atoms with Crippen molar-refractivity contribution in [2.75, 3.05) is 11.4 Å². The van der Waals surface area contributed by atoms with Crippen LogP contribution in [-0.4, -0.2) is 18.4 Å². The van der Waals surface area contributed by atoms with Crippen molar-refractivity contribution >= 4 is 11.5 Å². The summed E-state index contributed by atoms with van der Waals surface area (Å²) in [7, 11) is 0. The molecule has 1 aliphatic rings. The molecule has 17 heavy (non-hydrogen) atoms. The van der Waals surface area contributed by atoms with E-state index >= 15 is 0 Å². The third kappa shape index (κ3) is 2.28. The summed E-state index contributed by atoms with van der Waals surface area (Å²) < 4.78 is 0. The Kier molecular flexibility index (Phi) is 3.36. The van der Waals surface area contributed by atoms with E-state index in [4.69, 9.17) is 11.1 Å². The van der Waals surface area contributed by atoms with E-state index in [2.05, 4.69) is 24.0 Å². The average molecular weight is 231 g/mol. The molecule has 0 aromatic heterocycles. The fourth-order valence-corrected chi connectivity index (χ4v) is 2.73. The van der Waals surface area contributed by atoms with E-state index in [1.54, 1.807) is 0 Å². The summed E-state index contributed by atoms with van der Waals surface area (Å²) in [4.78, 5) is 2.48. The van der Waals surface area contributed by atoms with Crippen LogP contribution in [0.1, 0.15) is 37.3 Å². The lowest BCUT2D eigenvalue weighted by Gasteiger charge is -2.26. The molecule has 1 atom stereocenters. The first kappa shape index (κ1) is 12.0. The Morgan fingerprint density at radius 3 is 2.88 bits per heavy atom. The number of amidine groups is 1. The molecule has 0 bridgehead atoms. The third-order valence-electron chi connectivity index (χ3n) is 3.68. The number of nitrogens with zero attached hydrogens (tertiary/aromatic N) is 1. The molecule has 3 heteroatoms. The molecule has 0 saturated carbocycles. The van der Waals surface area contributed by atoms with Gasteiger partial charge in [-0.2, -0.15) is 0 Å². The maximum Gasteiger partial charge on any atom is 0.123 e. The van der Waals surface area contributed by atoms with Crippen LogP contribution in [0, 0.1) is 12.3 Å². The van der Waals surface area contributed by atoms with E-state index in [1.165, 1.54) is 24.9 Å².